The number of para-hydroxylation sites is 1. The molecule has 88 valence electrons. The Morgan fingerprint density at radius 1 is 1.25 bits per heavy atom. The van der Waals surface area contributed by atoms with Crippen LogP contribution in [0.1, 0.15) is 10.4 Å². The van der Waals surface area contributed by atoms with Gasteiger partial charge in [-0.15, -0.1) is 0 Å². The van der Waals surface area contributed by atoms with E-state index in [0.29, 0.717) is 11.3 Å². The molecule has 1 aromatic rings. The zero-order chi connectivity index (χ0) is 12.3. The molecule has 0 unspecified atom stereocenters. The second-order valence-corrected chi connectivity index (χ2v) is 5.37. The van der Waals surface area contributed by atoms with Crippen molar-refractivity contribution in [3.63, 3.8) is 0 Å². The quantitative estimate of drug-likeness (QED) is 0.851. The number of carbonyl (C=O) groups is 1. The molecule has 1 amide bonds. The Balaban J connectivity index is 3.16. The van der Waals surface area contributed by atoms with Gasteiger partial charge in [-0.2, -0.15) is 0 Å². The molecule has 0 heterocycles. The number of sulfonamides is 1. The van der Waals surface area contributed by atoms with Gasteiger partial charge in [-0.3, -0.25) is 9.52 Å². The Kier molecular flexibility index (Phi) is 3.54. The standard InChI is InChI=1S/C10H14N2O3S/c1-12(2)10(13)8-6-4-5-7-9(8)11-16(3,14)15/h4-7,11H,1-3H3. The van der Waals surface area contributed by atoms with Crippen LogP contribution >= 0.6 is 0 Å². The Morgan fingerprint density at radius 3 is 2.31 bits per heavy atom. The maximum Gasteiger partial charge on any atom is 0.255 e. The van der Waals surface area contributed by atoms with Crippen molar-refractivity contribution >= 4 is 21.6 Å². The van der Waals surface area contributed by atoms with E-state index in [0.717, 1.165) is 6.26 Å². The van der Waals surface area contributed by atoms with E-state index >= 15 is 0 Å². The summed E-state index contributed by atoms with van der Waals surface area (Å²) < 4.78 is 24.5. The van der Waals surface area contributed by atoms with Gasteiger partial charge < -0.3 is 4.90 Å². The number of hydrogen-bond donors (Lipinski definition) is 1. The van der Waals surface area contributed by atoms with Gasteiger partial charge in [0.15, 0.2) is 0 Å². The lowest BCUT2D eigenvalue weighted by atomic mass is 10.1. The van der Waals surface area contributed by atoms with Crippen molar-refractivity contribution in [2.75, 3.05) is 25.1 Å². The second kappa shape index (κ2) is 4.52. The first-order chi connectivity index (χ1) is 7.31. The van der Waals surface area contributed by atoms with E-state index in [1.54, 1.807) is 38.4 Å². The third-order valence-corrected chi connectivity index (χ3v) is 2.45. The molecule has 0 aliphatic carbocycles. The number of nitrogens with one attached hydrogen (secondary N) is 1. The molecule has 0 aromatic heterocycles. The van der Waals surface area contributed by atoms with Gasteiger partial charge in [0, 0.05) is 14.1 Å². The SMILES string of the molecule is CN(C)C(=O)c1ccccc1NS(C)(=O)=O. The number of anilines is 1. The molecule has 1 rings (SSSR count). The average molecular weight is 242 g/mol. The Labute approximate surface area is 95.1 Å². The molecule has 0 bridgehead atoms. The molecule has 16 heavy (non-hydrogen) atoms. The molecule has 0 radical (unpaired) electrons. The minimum absolute atomic E-state index is 0.244. The highest BCUT2D eigenvalue weighted by molar-refractivity contribution is 7.92. The minimum atomic E-state index is -3.38. The van der Waals surface area contributed by atoms with E-state index < -0.39 is 10.0 Å². The van der Waals surface area contributed by atoms with E-state index in [2.05, 4.69) is 4.72 Å². The molecular formula is C10H14N2O3S. The number of nitrogens with zero attached hydrogens (tertiary/aromatic N) is 1. The maximum absolute atomic E-state index is 11.7. The minimum Gasteiger partial charge on any atom is -0.345 e. The van der Waals surface area contributed by atoms with Crippen LogP contribution in [-0.2, 0) is 10.0 Å². The fourth-order valence-corrected chi connectivity index (χ4v) is 1.78. The van der Waals surface area contributed by atoms with Crippen LogP contribution < -0.4 is 4.72 Å². The fourth-order valence-electron chi connectivity index (χ4n) is 1.20. The third-order valence-electron chi connectivity index (χ3n) is 1.86. The zero-order valence-electron chi connectivity index (χ0n) is 9.39. The summed E-state index contributed by atoms with van der Waals surface area (Å²) in [5.41, 5.74) is 0.627. The van der Waals surface area contributed by atoms with E-state index in [1.165, 1.54) is 4.90 Å². The lowest BCUT2D eigenvalue weighted by molar-refractivity contribution is 0.0828. The summed E-state index contributed by atoms with van der Waals surface area (Å²) in [6.45, 7) is 0. The number of hydrogen-bond acceptors (Lipinski definition) is 3. The Bertz CT molecular complexity index is 495. The molecule has 5 nitrogen and oxygen atoms in total. The molecule has 0 fully saturated rings. The summed E-state index contributed by atoms with van der Waals surface area (Å²) in [6.07, 6.45) is 1.05. The molecule has 0 aliphatic heterocycles. The van der Waals surface area contributed by atoms with Gasteiger partial charge in [0.2, 0.25) is 10.0 Å². The lowest BCUT2D eigenvalue weighted by Crippen LogP contribution is -2.23. The third kappa shape index (κ3) is 3.23. The molecule has 0 saturated carbocycles. The summed E-state index contributed by atoms with van der Waals surface area (Å²) in [5.74, 6) is -0.244. The Hall–Kier alpha value is -1.56. The molecule has 0 spiro atoms. The van der Waals surface area contributed by atoms with E-state index in [4.69, 9.17) is 0 Å². The first-order valence-corrected chi connectivity index (χ1v) is 6.49. The van der Waals surface area contributed by atoms with Crippen molar-refractivity contribution in [1.82, 2.24) is 4.90 Å². The van der Waals surface area contributed by atoms with Gasteiger partial charge in [0.25, 0.3) is 5.91 Å². The smallest absolute Gasteiger partial charge is 0.255 e. The molecular weight excluding hydrogens is 228 g/mol. The van der Waals surface area contributed by atoms with Crippen LogP contribution in [0, 0.1) is 0 Å². The van der Waals surface area contributed by atoms with Crippen molar-refractivity contribution in [3.05, 3.63) is 29.8 Å². The van der Waals surface area contributed by atoms with Crippen LogP contribution in [0.4, 0.5) is 5.69 Å². The van der Waals surface area contributed by atoms with Crippen molar-refractivity contribution in [1.29, 1.82) is 0 Å². The molecule has 6 heteroatoms. The number of amides is 1. The lowest BCUT2D eigenvalue weighted by Gasteiger charge is -2.14. The average Bonchev–Trinajstić information content (AvgIpc) is 2.15. The van der Waals surface area contributed by atoms with Crippen LogP contribution in [0.5, 0.6) is 0 Å². The highest BCUT2D eigenvalue weighted by Crippen LogP contribution is 2.17. The van der Waals surface area contributed by atoms with Gasteiger partial charge in [-0.05, 0) is 12.1 Å². The largest absolute Gasteiger partial charge is 0.345 e. The predicted molar refractivity (Wildman–Crippen MR) is 62.9 cm³/mol. The van der Waals surface area contributed by atoms with Gasteiger partial charge >= 0.3 is 0 Å². The van der Waals surface area contributed by atoms with Crippen LogP contribution in [0.15, 0.2) is 24.3 Å². The summed E-state index contributed by atoms with van der Waals surface area (Å²) in [7, 11) is -0.158. The summed E-state index contributed by atoms with van der Waals surface area (Å²) in [5, 5.41) is 0. The molecule has 0 aliphatic rings. The zero-order valence-corrected chi connectivity index (χ0v) is 10.2. The predicted octanol–water partition coefficient (Wildman–Crippen LogP) is 0.760. The first kappa shape index (κ1) is 12.5. The Morgan fingerprint density at radius 2 is 1.81 bits per heavy atom. The first-order valence-electron chi connectivity index (χ1n) is 4.60. The van der Waals surface area contributed by atoms with Crippen LogP contribution in [0.2, 0.25) is 0 Å². The van der Waals surface area contributed by atoms with E-state index in [9.17, 15) is 13.2 Å². The number of carbonyl (C=O) groups excluding carboxylic acids is 1. The summed E-state index contributed by atoms with van der Waals surface area (Å²) in [6, 6.07) is 6.48. The van der Waals surface area contributed by atoms with Crippen LogP contribution in [-0.4, -0.2) is 39.6 Å². The molecule has 0 atom stereocenters. The van der Waals surface area contributed by atoms with E-state index in [-0.39, 0.29) is 5.91 Å². The van der Waals surface area contributed by atoms with Gasteiger partial charge in [0.1, 0.15) is 0 Å². The molecule has 1 aromatic carbocycles. The highest BCUT2D eigenvalue weighted by atomic mass is 32.2. The summed E-state index contributed by atoms with van der Waals surface area (Å²) in [4.78, 5) is 13.1. The van der Waals surface area contributed by atoms with Gasteiger partial charge in [-0.25, -0.2) is 8.42 Å². The molecule has 0 saturated heterocycles. The highest BCUT2D eigenvalue weighted by Gasteiger charge is 2.14. The monoisotopic (exact) mass is 242 g/mol. The number of rotatable bonds is 3. The topological polar surface area (TPSA) is 66.5 Å². The van der Waals surface area contributed by atoms with Crippen LogP contribution in [0.25, 0.3) is 0 Å². The normalized spacial score (nSPS) is 10.9. The van der Waals surface area contributed by atoms with E-state index in [1.807, 2.05) is 0 Å². The second-order valence-electron chi connectivity index (χ2n) is 3.62. The number of benzene rings is 1. The van der Waals surface area contributed by atoms with Crippen molar-refractivity contribution in [2.45, 2.75) is 0 Å². The van der Waals surface area contributed by atoms with Crippen molar-refractivity contribution < 1.29 is 13.2 Å². The summed E-state index contributed by atoms with van der Waals surface area (Å²) >= 11 is 0. The van der Waals surface area contributed by atoms with Gasteiger partial charge in [0.05, 0.1) is 17.5 Å². The maximum atomic E-state index is 11.7. The fraction of sp³-hybridized carbons (Fsp3) is 0.300. The van der Waals surface area contributed by atoms with Crippen molar-refractivity contribution in [2.24, 2.45) is 0 Å². The van der Waals surface area contributed by atoms with Crippen molar-refractivity contribution in [3.8, 4) is 0 Å². The molecule has 1 N–H and O–H groups in total. The van der Waals surface area contributed by atoms with Crippen LogP contribution in [0.3, 0.4) is 0 Å². The van der Waals surface area contributed by atoms with Gasteiger partial charge in [-0.1, -0.05) is 12.1 Å².